The molecule has 2 N–H and O–H groups in total. The van der Waals surface area contributed by atoms with E-state index < -0.39 is 12.1 Å². The summed E-state index contributed by atoms with van der Waals surface area (Å²) in [5.41, 5.74) is 2.60. The van der Waals surface area contributed by atoms with E-state index in [1.165, 1.54) is 16.9 Å². The van der Waals surface area contributed by atoms with Crippen molar-refractivity contribution in [1.29, 1.82) is 0 Å². The van der Waals surface area contributed by atoms with Crippen LogP contribution in [0.5, 0.6) is 0 Å². The maximum Gasteiger partial charge on any atom is 0.358 e. The van der Waals surface area contributed by atoms with E-state index in [9.17, 15) is 9.59 Å². The summed E-state index contributed by atoms with van der Waals surface area (Å²) in [5, 5.41) is 8.23. The number of ether oxygens (including phenoxy) is 1. The molecule has 3 rings (SSSR count). The second-order valence-corrected chi connectivity index (χ2v) is 7.27. The van der Waals surface area contributed by atoms with Gasteiger partial charge in [-0.1, -0.05) is 30.3 Å². The Labute approximate surface area is 162 Å². The number of hydrogen-bond donors (Lipinski definition) is 2. The van der Waals surface area contributed by atoms with E-state index in [1.807, 2.05) is 18.2 Å². The third-order valence-corrected chi connectivity index (χ3v) is 5.25. The molecule has 6 nitrogen and oxygen atoms in total. The summed E-state index contributed by atoms with van der Waals surface area (Å²) in [6.45, 7) is 5.75. The predicted octanol–water partition coefficient (Wildman–Crippen LogP) is 3.48. The summed E-state index contributed by atoms with van der Waals surface area (Å²) in [6.07, 6.45) is 3.75. The molecule has 1 aliphatic rings. The van der Waals surface area contributed by atoms with Crippen LogP contribution < -0.4 is 10.6 Å². The van der Waals surface area contributed by atoms with Gasteiger partial charge in [0.1, 0.15) is 0 Å². The SMILES string of the molecule is C=CCNc1nc(C(=O)O[C@H](C)C(=O)N[C@H]2CCCc3ccccc32)cs1. The van der Waals surface area contributed by atoms with E-state index in [1.54, 1.807) is 18.4 Å². The van der Waals surface area contributed by atoms with Crippen molar-refractivity contribution in [3.05, 3.63) is 59.1 Å². The zero-order valence-electron chi connectivity index (χ0n) is 15.2. The number of hydrogen-bond acceptors (Lipinski definition) is 6. The number of carbonyl (C=O) groups excluding carboxylic acids is 2. The first-order chi connectivity index (χ1) is 13.1. The fourth-order valence-corrected chi connectivity index (χ4v) is 3.77. The molecule has 0 spiro atoms. The Morgan fingerprint density at radius 2 is 2.26 bits per heavy atom. The highest BCUT2D eigenvalue weighted by Crippen LogP contribution is 2.29. The molecule has 1 heterocycles. The lowest BCUT2D eigenvalue weighted by Crippen LogP contribution is -2.39. The maximum atomic E-state index is 12.5. The molecule has 0 saturated heterocycles. The number of thiazole rings is 1. The number of nitrogens with one attached hydrogen (secondary N) is 2. The van der Waals surface area contributed by atoms with Gasteiger partial charge in [-0.3, -0.25) is 4.79 Å². The Morgan fingerprint density at radius 1 is 1.44 bits per heavy atom. The normalized spacial score (nSPS) is 16.7. The van der Waals surface area contributed by atoms with Gasteiger partial charge in [-0.2, -0.15) is 0 Å². The Kier molecular flexibility index (Phi) is 6.24. The lowest BCUT2D eigenvalue weighted by atomic mass is 9.87. The minimum absolute atomic E-state index is 0.0439. The van der Waals surface area contributed by atoms with Crippen LogP contribution in [0.2, 0.25) is 0 Å². The molecular formula is C20H23N3O3S. The molecule has 142 valence electrons. The number of aromatic nitrogens is 1. The van der Waals surface area contributed by atoms with Crippen molar-refractivity contribution >= 4 is 28.3 Å². The van der Waals surface area contributed by atoms with Crippen LogP contribution in [0.15, 0.2) is 42.3 Å². The largest absolute Gasteiger partial charge is 0.448 e. The van der Waals surface area contributed by atoms with Crippen molar-refractivity contribution in [2.75, 3.05) is 11.9 Å². The summed E-state index contributed by atoms with van der Waals surface area (Å²) >= 11 is 1.30. The van der Waals surface area contributed by atoms with Crippen LogP contribution in [0.1, 0.15) is 47.4 Å². The van der Waals surface area contributed by atoms with Crippen molar-refractivity contribution in [1.82, 2.24) is 10.3 Å². The van der Waals surface area contributed by atoms with Crippen LogP contribution in [-0.4, -0.2) is 29.5 Å². The average molecular weight is 385 g/mol. The van der Waals surface area contributed by atoms with Gasteiger partial charge in [0.15, 0.2) is 16.9 Å². The molecule has 0 aliphatic heterocycles. The number of nitrogens with zero attached hydrogens (tertiary/aromatic N) is 1. The molecule has 1 aromatic carbocycles. The van der Waals surface area contributed by atoms with Gasteiger partial charge in [-0.15, -0.1) is 17.9 Å². The van der Waals surface area contributed by atoms with Gasteiger partial charge in [0.05, 0.1) is 6.04 Å². The summed E-state index contributed by atoms with van der Waals surface area (Å²) < 4.78 is 5.29. The molecule has 27 heavy (non-hydrogen) atoms. The molecule has 0 saturated carbocycles. The molecule has 0 unspecified atom stereocenters. The fraction of sp³-hybridized carbons (Fsp3) is 0.350. The third kappa shape index (κ3) is 4.74. The minimum Gasteiger partial charge on any atom is -0.448 e. The van der Waals surface area contributed by atoms with E-state index in [0.717, 1.165) is 24.8 Å². The molecule has 2 aromatic rings. The van der Waals surface area contributed by atoms with Crippen LogP contribution >= 0.6 is 11.3 Å². The van der Waals surface area contributed by atoms with E-state index >= 15 is 0 Å². The number of carbonyl (C=O) groups is 2. The number of esters is 1. The van der Waals surface area contributed by atoms with Crippen molar-refractivity contribution in [3.8, 4) is 0 Å². The first kappa shape index (κ1) is 19.1. The first-order valence-electron chi connectivity index (χ1n) is 8.98. The summed E-state index contributed by atoms with van der Waals surface area (Å²) in [7, 11) is 0. The quantitative estimate of drug-likeness (QED) is 0.563. The highest BCUT2D eigenvalue weighted by molar-refractivity contribution is 7.13. The Hall–Kier alpha value is -2.67. The number of amides is 1. The number of fused-ring (bicyclic) bond motifs is 1. The number of rotatable bonds is 7. The number of benzene rings is 1. The van der Waals surface area contributed by atoms with E-state index in [4.69, 9.17) is 4.74 Å². The lowest BCUT2D eigenvalue weighted by Gasteiger charge is -2.27. The second-order valence-electron chi connectivity index (χ2n) is 6.41. The van der Waals surface area contributed by atoms with Gasteiger partial charge in [0.25, 0.3) is 5.91 Å². The van der Waals surface area contributed by atoms with E-state index in [-0.39, 0.29) is 17.6 Å². The Morgan fingerprint density at radius 3 is 3.07 bits per heavy atom. The number of anilines is 1. The predicted molar refractivity (Wildman–Crippen MR) is 106 cm³/mol. The lowest BCUT2D eigenvalue weighted by molar-refractivity contribution is -0.130. The monoisotopic (exact) mass is 385 g/mol. The smallest absolute Gasteiger partial charge is 0.358 e. The molecule has 0 radical (unpaired) electrons. The standard InChI is InChI=1S/C20H23N3O3S/c1-3-11-21-20-23-17(12-27-20)19(25)26-13(2)18(24)22-16-10-6-8-14-7-4-5-9-15(14)16/h3-5,7,9,12-13,16H,1,6,8,10-11H2,2H3,(H,21,23)(H,22,24)/t13-,16+/m1/s1. The van der Waals surface area contributed by atoms with Crippen LogP contribution in [0.4, 0.5) is 5.13 Å². The first-order valence-corrected chi connectivity index (χ1v) is 9.86. The van der Waals surface area contributed by atoms with Gasteiger partial charge >= 0.3 is 5.97 Å². The van der Waals surface area contributed by atoms with Gasteiger partial charge in [0, 0.05) is 11.9 Å². The van der Waals surface area contributed by atoms with E-state index in [2.05, 4.69) is 28.3 Å². The van der Waals surface area contributed by atoms with Gasteiger partial charge in [-0.05, 0) is 37.3 Å². The van der Waals surface area contributed by atoms with Crippen molar-refractivity contribution in [2.24, 2.45) is 0 Å². The van der Waals surface area contributed by atoms with Crippen LogP contribution in [0.3, 0.4) is 0 Å². The molecule has 0 fully saturated rings. The average Bonchev–Trinajstić information content (AvgIpc) is 3.15. The summed E-state index contributed by atoms with van der Waals surface area (Å²) in [5.74, 6) is -0.908. The van der Waals surface area contributed by atoms with Gasteiger partial charge in [-0.25, -0.2) is 9.78 Å². The maximum absolute atomic E-state index is 12.5. The molecule has 1 amide bonds. The fourth-order valence-electron chi connectivity index (χ4n) is 3.08. The van der Waals surface area contributed by atoms with Gasteiger partial charge in [0.2, 0.25) is 0 Å². The molecule has 2 atom stereocenters. The van der Waals surface area contributed by atoms with Crippen LogP contribution in [-0.2, 0) is 16.0 Å². The molecule has 1 aromatic heterocycles. The third-order valence-electron chi connectivity index (χ3n) is 4.45. The summed E-state index contributed by atoms with van der Waals surface area (Å²) in [6, 6.07) is 8.09. The highest BCUT2D eigenvalue weighted by atomic mass is 32.1. The molecule has 0 bridgehead atoms. The van der Waals surface area contributed by atoms with Crippen molar-refractivity contribution in [2.45, 2.75) is 38.3 Å². The highest BCUT2D eigenvalue weighted by Gasteiger charge is 2.26. The topological polar surface area (TPSA) is 80.3 Å². The molecule has 7 heteroatoms. The zero-order chi connectivity index (χ0) is 19.2. The summed E-state index contributed by atoms with van der Waals surface area (Å²) in [4.78, 5) is 28.9. The second kappa shape index (κ2) is 8.81. The molecular weight excluding hydrogens is 362 g/mol. The Balaban J connectivity index is 1.57. The number of aryl methyl sites for hydroxylation is 1. The zero-order valence-corrected chi connectivity index (χ0v) is 16.1. The Bertz CT molecular complexity index is 833. The van der Waals surface area contributed by atoms with Crippen molar-refractivity contribution in [3.63, 3.8) is 0 Å². The van der Waals surface area contributed by atoms with Crippen LogP contribution in [0.25, 0.3) is 0 Å². The van der Waals surface area contributed by atoms with Crippen molar-refractivity contribution < 1.29 is 14.3 Å². The molecule has 1 aliphatic carbocycles. The van der Waals surface area contributed by atoms with E-state index in [0.29, 0.717) is 11.7 Å². The minimum atomic E-state index is -0.891. The van der Waals surface area contributed by atoms with Crippen LogP contribution in [0, 0.1) is 0 Å². The van der Waals surface area contributed by atoms with Gasteiger partial charge < -0.3 is 15.4 Å².